The molecule has 3 heterocycles. The second-order valence-electron chi connectivity index (χ2n) is 7.65. The van der Waals surface area contributed by atoms with Crippen molar-refractivity contribution >= 4 is 17.6 Å². The number of amides is 2. The molecule has 164 valence electrons. The number of hydrogen-bond acceptors (Lipinski definition) is 5. The van der Waals surface area contributed by atoms with Crippen molar-refractivity contribution in [3.8, 4) is 11.4 Å². The lowest BCUT2D eigenvalue weighted by Crippen LogP contribution is -2.25. The van der Waals surface area contributed by atoms with Gasteiger partial charge in [-0.1, -0.05) is 12.1 Å². The van der Waals surface area contributed by atoms with Crippen LogP contribution < -0.4 is 16.6 Å². The first-order valence-corrected chi connectivity index (χ1v) is 9.87. The van der Waals surface area contributed by atoms with Gasteiger partial charge in [0, 0.05) is 17.3 Å². The molecule has 0 spiro atoms. The Labute approximate surface area is 178 Å². The van der Waals surface area contributed by atoms with Gasteiger partial charge in [-0.2, -0.15) is 18.3 Å². The van der Waals surface area contributed by atoms with Crippen LogP contribution in [-0.2, 0) is 19.0 Å². The Morgan fingerprint density at radius 3 is 2.41 bits per heavy atom. The summed E-state index contributed by atoms with van der Waals surface area (Å²) in [6.07, 6.45) is -2.62. The van der Waals surface area contributed by atoms with Crippen LogP contribution in [0.4, 0.5) is 19.0 Å². The van der Waals surface area contributed by atoms with Gasteiger partial charge in [-0.15, -0.1) is 0 Å². The Balaban J connectivity index is 1.78. The summed E-state index contributed by atoms with van der Waals surface area (Å²) in [5.41, 5.74) is 5.12. The number of imide groups is 1. The highest BCUT2D eigenvalue weighted by atomic mass is 19.4. The van der Waals surface area contributed by atoms with Crippen LogP contribution >= 0.6 is 0 Å². The molecule has 2 amide bonds. The van der Waals surface area contributed by atoms with Crippen molar-refractivity contribution in [2.45, 2.75) is 31.9 Å². The summed E-state index contributed by atoms with van der Waals surface area (Å²) in [4.78, 5) is 37.0. The topological polar surface area (TPSA) is 112 Å². The van der Waals surface area contributed by atoms with Crippen molar-refractivity contribution in [2.75, 3.05) is 5.73 Å². The van der Waals surface area contributed by atoms with Gasteiger partial charge in [0.1, 0.15) is 5.82 Å². The fourth-order valence-corrected chi connectivity index (χ4v) is 4.39. The predicted molar refractivity (Wildman–Crippen MR) is 107 cm³/mol. The lowest BCUT2D eigenvalue weighted by atomic mass is 9.95. The van der Waals surface area contributed by atoms with Gasteiger partial charge < -0.3 is 5.73 Å². The van der Waals surface area contributed by atoms with Crippen LogP contribution in [-0.4, -0.2) is 26.2 Å². The molecule has 11 heteroatoms. The zero-order valence-corrected chi connectivity index (χ0v) is 16.5. The molecule has 0 bridgehead atoms. The molecule has 0 atom stereocenters. The largest absolute Gasteiger partial charge is 0.435 e. The molecule has 1 aliphatic heterocycles. The number of nitrogens with one attached hydrogen (secondary N) is 1. The third kappa shape index (κ3) is 2.84. The van der Waals surface area contributed by atoms with Crippen molar-refractivity contribution in [3.63, 3.8) is 0 Å². The van der Waals surface area contributed by atoms with Crippen molar-refractivity contribution in [1.82, 2.24) is 19.7 Å². The standard InChI is InChI=1S/C21H16F3N5O3/c22-21(23,24)17-10-5-1-2-6-12(10)29(27-17)14-8-4-3-7-13(14)28-15(30)9-11-16(18(28)25)20(32)26-19(11)31/h3-4,7-9H,1-2,5-6,25H2,(H,26,31,32). The molecule has 5 rings (SSSR count). The number of carbonyl (C=O) groups excluding carboxylic acids is 2. The summed E-state index contributed by atoms with van der Waals surface area (Å²) in [7, 11) is 0. The molecule has 0 unspecified atom stereocenters. The number of halogens is 3. The van der Waals surface area contributed by atoms with Crippen LogP contribution in [0, 0.1) is 0 Å². The van der Waals surface area contributed by atoms with Crippen molar-refractivity contribution in [1.29, 1.82) is 0 Å². The van der Waals surface area contributed by atoms with Gasteiger partial charge in [0.25, 0.3) is 17.4 Å². The van der Waals surface area contributed by atoms with E-state index in [-0.39, 0.29) is 40.3 Å². The quantitative estimate of drug-likeness (QED) is 0.591. The van der Waals surface area contributed by atoms with E-state index in [4.69, 9.17) is 5.73 Å². The van der Waals surface area contributed by atoms with E-state index in [9.17, 15) is 27.6 Å². The maximum absolute atomic E-state index is 13.7. The number of benzene rings is 1. The highest BCUT2D eigenvalue weighted by Gasteiger charge is 2.40. The van der Waals surface area contributed by atoms with Gasteiger partial charge in [0.05, 0.1) is 22.5 Å². The lowest BCUT2D eigenvalue weighted by Gasteiger charge is -2.18. The second kappa shape index (κ2) is 6.81. The Hall–Kier alpha value is -3.89. The number of para-hydroxylation sites is 2. The van der Waals surface area contributed by atoms with Crippen LogP contribution in [0.2, 0.25) is 0 Å². The molecule has 2 aromatic heterocycles. The monoisotopic (exact) mass is 443 g/mol. The summed E-state index contributed by atoms with van der Waals surface area (Å²) in [6.45, 7) is 0. The molecule has 1 aromatic carbocycles. The molecule has 3 aromatic rings. The van der Waals surface area contributed by atoms with Crippen LogP contribution in [0.5, 0.6) is 0 Å². The molecule has 2 aliphatic rings. The maximum atomic E-state index is 13.7. The molecule has 32 heavy (non-hydrogen) atoms. The van der Waals surface area contributed by atoms with Gasteiger partial charge in [0.2, 0.25) is 0 Å². The van der Waals surface area contributed by atoms with Gasteiger partial charge in [0.15, 0.2) is 5.69 Å². The van der Waals surface area contributed by atoms with Gasteiger partial charge in [-0.25, -0.2) is 4.68 Å². The number of nitrogen functional groups attached to an aromatic ring is 1. The Kier molecular flexibility index (Phi) is 4.26. The average molecular weight is 443 g/mol. The van der Waals surface area contributed by atoms with E-state index in [0.717, 1.165) is 10.6 Å². The zero-order valence-electron chi connectivity index (χ0n) is 16.5. The number of alkyl halides is 3. The minimum Gasteiger partial charge on any atom is -0.384 e. The predicted octanol–water partition coefficient (Wildman–Crippen LogP) is 2.39. The van der Waals surface area contributed by atoms with Gasteiger partial charge in [-0.3, -0.25) is 24.3 Å². The van der Waals surface area contributed by atoms with Crippen LogP contribution in [0.3, 0.4) is 0 Å². The normalized spacial score (nSPS) is 15.5. The number of nitrogens with zero attached hydrogens (tertiary/aromatic N) is 3. The summed E-state index contributed by atoms with van der Waals surface area (Å²) >= 11 is 0. The number of carbonyl (C=O) groups is 2. The van der Waals surface area contributed by atoms with E-state index in [1.54, 1.807) is 12.1 Å². The van der Waals surface area contributed by atoms with E-state index in [2.05, 4.69) is 10.4 Å². The zero-order chi connectivity index (χ0) is 22.8. The van der Waals surface area contributed by atoms with E-state index in [1.165, 1.54) is 16.8 Å². The van der Waals surface area contributed by atoms with E-state index in [0.29, 0.717) is 25.0 Å². The maximum Gasteiger partial charge on any atom is 0.435 e. The first-order chi connectivity index (χ1) is 15.2. The SMILES string of the molecule is Nc1c2c(cc(=O)n1-c1ccccc1-n1nc(C(F)(F)F)c3c1CCCC3)C(=O)NC2=O. The summed E-state index contributed by atoms with van der Waals surface area (Å²) in [5.74, 6) is -1.75. The molecule has 1 aliphatic carbocycles. The van der Waals surface area contributed by atoms with Crippen molar-refractivity contribution < 1.29 is 22.8 Å². The average Bonchev–Trinajstić information content (AvgIpc) is 3.26. The first kappa shape index (κ1) is 20.0. The van der Waals surface area contributed by atoms with Crippen LogP contribution in [0.15, 0.2) is 35.1 Å². The highest BCUT2D eigenvalue weighted by Crippen LogP contribution is 2.37. The molecule has 0 saturated heterocycles. The van der Waals surface area contributed by atoms with E-state index >= 15 is 0 Å². The molecule has 0 saturated carbocycles. The van der Waals surface area contributed by atoms with E-state index < -0.39 is 29.2 Å². The Morgan fingerprint density at radius 2 is 1.69 bits per heavy atom. The third-order valence-electron chi connectivity index (χ3n) is 5.75. The van der Waals surface area contributed by atoms with Crippen molar-refractivity contribution in [3.05, 3.63) is 68.8 Å². The fourth-order valence-electron chi connectivity index (χ4n) is 4.39. The van der Waals surface area contributed by atoms with Crippen LogP contribution in [0.1, 0.15) is 50.5 Å². The fraction of sp³-hybridized carbons (Fsp3) is 0.238. The summed E-state index contributed by atoms with van der Waals surface area (Å²) < 4.78 is 43.2. The molecular weight excluding hydrogens is 427 g/mol. The third-order valence-corrected chi connectivity index (χ3v) is 5.75. The number of hydrogen-bond donors (Lipinski definition) is 2. The smallest absolute Gasteiger partial charge is 0.384 e. The molecule has 3 N–H and O–H groups in total. The number of aromatic nitrogens is 3. The van der Waals surface area contributed by atoms with Crippen molar-refractivity contribution in [2.24, 2.45) is 0 Å². The number of rotatable bonds is 2. The summed E-state index contributed by atoms with van der Waals surface area (Å²) in [5, 5.41) is 5.96. The Bertz CT molecular complexity index is 1370. The lowest BCUT2D eigenvalue weighted by molar-refractivity contribution is -0.142. The van der Waals surface area contributed by atoms with Gasteiger partial charge in [-0.05, 0) is 37.8 Å². The van der Waals surface area contributed by atoms with E-state index in [1.807, 2.05) is 0 Å². The number of nitrogens with two attached hydrogens (primary N) is 1. The number of fused-ring (bicyclic) bond motifs is 2. The summed E-state index contributed by atoms with van der Waals surface area (Å²) in [6, 6.07) is 7.21. The molecule has 0 fully saturated rings. The number of pyridine rings is 1. The second-order valence-corrected chi connectivity index (χ2v) is 7.65. The first-order valence-electron chi connectivity index (χ1n) is 9.87. The number of anilines is 1. The molecule has 8 nitrogen and oxygen atoms in total. The molecule has 0 radical (unpaired) electrons. The Morgan fingerprint density at radius 1 is 1.00 bits per heavy atom. The van der Waals surface area contributed by atoms with Crippen LogP contribution in [0.25, 0.3) is 11.4 Å². The van der Waals surface area contributed by atoms with Gasteiger partial charge >= 0.3 is 6.18 Å². The minimum atomic E-state index is -4.62. The minimum absolute atomic E-state index is 0.137. The highest BCUT2D eigenvalue weighted by molar-refractivity contribution is 6.23. The molecular formula is C21H16F3N5O3.